The fraction of sp³-hybridized carbons (Fsp3) is 0.483. The molecule has 1 saturated heterocycles. The van der Waals surface area contributed by atoms with E-state index in [9.17, 15) is 14.0 Å². The summed E-state index contributed by atoms with van der Waals surface area (Å²) in [5, 5.41) is 6.91. The zero-order chi connectivity index (χ0) is 25.9. The number of fused-ring (bicyclic) bond motifs is 1. The molecule has 0 spiro atoms. The van der Waals surface area contributed by atoms with Gasteiger partial charge in [-0.25, -0.2) is 4.39 Å². The van der Waals surface area contributed by atoms with E-state index in [2.05, 4.69) is 21.7 Å². The molecule has 2 unspecified atom stereocenters. The first kappa shape index (κ1) is 25.4. The summed E-state index contributed by atoms with van der Waals surface area (Å²) >= 11 is 0. The summed E-state index contributed by atoms with van der Waals surface area (Å²) in [6.07, 6.45) is 12.6. The Labute approximate surface area is 217 Å². The number of benzene rings is 1. The molecule has 2 N–H and O–H groups in total. The fourth-order valence-electron chi connectivity index (χ4n) is 5.91. The van der Waals surface area contributed by atoms with Crippen LogP contribution in [0, 0.1) is 11.7 Å². The Morgan fingerprint density at radius 3 is 2.65 bits per heavy atom. The lowest BCUT2D eigenvalue weighted by Gasteiger charge is -2.35. The minimum absolute atomic E-state index is 0.0124. The monoisotopic (exact) mass is 505 g/mol. The van der Waals surface area contributed by atoms with Gasteiger partial charge in [0, 0.05) is 24.3 Å². The molecule has 2 fully saturated rings. The number of pyridine rings is 1. The molecule has 7 nitrogen and oxygen atoms in total. The first-order valence-electron chi connectivity index (χ1n) is 13.5. The Kier molecular flexibility index (Phi) is 7.55. The molecule has 3 aromatic rings. The molecule has 2 aliphatic rings. The van der Waals surface area contributed by atoms with E-state index in [0.717, 1.165) is 60.7 Å². The van der Waals surface area contributed by atoms with Gasteiger partial charge in [0.1, 0.15) is 11.9 Å². The van der Waals surface area contributed by atoms with Crippen LogP contribution in [0.5, 0.6) is 0 Å². The number of halogens is 1. The predicted molar refractivity (Wildman–Crippen MR) is 142 cm³/mol. The Morgan fingerprint density at radius 2 is 1.86 bits per heavy atom. The molecule has 1 aromatic carbocycles. The molecule has 1 aliphatic carbocycles. The van der Waals surface area contributed by atoms with Crippen LogP contribution in [-0.2, 0) is 9.59 Å². The van der Waals surface area contributed by atoms with E-state index in [1.54, 1.807) is 19.3 Å². The van der Waals surface area contributed by atoms with Crippen molar-refractivity contribution in [3.63, 3.8) is 0 Å². The smallest absolute Gasteiger partial charge is 0.245 e. The predicted octanol–water partition coefficient (Wildman–Crippen LogP) is 4.50. The molecule has 3 atom stereocenters. The van der Waals surface area contributed by atoms with Gasteiger partial charge in [-0.1, -0.05) is 19.3 Å². The van der Waals surface area contributed by atoms with Gasteiger partial charge in [-0.05, 0) is 81.5 Å². The van der Waals surface area contributed by atoms with Crippen LogP contribution in [0.2, 0.25) is 0 Å². The molecule has 37 heavy (non-hydrogen) atoms. The number of nitrogens with zero attached hydrogens (tertiary/aromatic N) is 3. The number of nitrogens with one attached hydrogen (secondary N) is 2. The first-order valence-corrected chi connectivity index (χ1v) is 13.5. The molecular weight excluding hydrogens is 469 g/mol. The van der Waals surface area contributed by atoms with Crippen molar-refractivity contribution in [2.75, 3.05) is 13.6 Å². The molecule has 8 heteroatoms. The highest BCUT2D eigenvalue weighted by atomic mass is 19.1. The lowest BCUT2D eigenvalue weighted by molar-refractivity contribution is -0.139. The number of rotatable bonds is 7. The third-order valence-corrected chi connectivity index (χ3v) is 8.11. The van der Waals surface area contributed by atoms with E-state index in [-0.39, 0.29) is 35.6 Å². The Hall–Kier alpha value is -3.26. The van der Waals surface area contributed by atoms with Gasteiger partial charge < -0.3 is 20.1 Å². The summed E-state index contributed by atoms with van der Waals surface area (Å²) in [4.78, 5) is 33.3. The summed E-state index contributed by atoms with van der Waals surface area (Å²) < 4.78 is 15.7. The first-order chi connectivity index (χ1) is 18.0. The van der Waals surface area contributed by atoms with Gasteiger partial charge in [-0.2, -0.15) is 0 Å². The summed E-state index contributed by atoms with van der Waals surface area (Å²) in [7, 11) is 1.75. The minimum atomic E-state index is -0.511. The van der Waals surface area contributed by atoms with Crippen molar-refractivity contribution in [3.05, 3.63) is 60.3 Å². The topological polar surface area (TPSA) is 79.3 Å². The molecule has 2 aromatic heterocycles. The van der Waals surface area contributed by atoms with Gasteiger partial charge in [0.25, 0.3) is 0 Å². The van der Waals surface area contributed by atoms with E-state index in [4.69, 9.17) is 0 Å². The lowest BCUT2D eigenvalue weighted by Crippen LogP contribution is -2.55. The van der Waals surface area contributed by atoms with Crippen LogP contribution < -0.4 is 10.6 Å². The number of likely N-dealkylation sites (N-methyl/N-ethyl adjacent to an activating group) is 1. The zero-order valence-electron chi connectivity index (χ0n) is 21.6. The molecule has 0 radical (unpaired) electrons. The maximum absolute atomic E-state index is 14.0. The van der Waals surface area contributed by atoms with Gasteiger partial charge in [0.15, 0.2) is 0 Å². The van der Waals surface area contributed by atoms with Gasteiger partial charge in [0.2, 0.25) is 11.8 Å². The normalized spacial score (nSPS) is 20.2. The van der Waals surface area contributed by atoms with Gasteiger partial charge in [-0.15, -0.1) is 0 Å². The average Bonchev–Trinajstić information content (AvgIpc) is 3.58. The Bertz CT molecular complexity index is 1270. The number of carbonyl (C=O) groups is 2. The van der Waals surface area contributed by atoms with Crippen LogP contribution in [0.15, 0.2) is 48.9 Å². The third-order valence-electron chi connectivity index (χ3n) is 8.11. The van der Waals surface area contributed by atoms with Gasteiger partial charge in [0.05, 0.1) is 29.5 Å². The second kappa shape index (κ2) is 11.0. The molecule has 196 valence electrons. The van der Waals surface area contributed by atoms with E-state index in [1.165, 1.54) is 18.6 Å². The van der Waals surface area contributed by atoms with E-state index < -0.39 is 6.04 Å². The molecule has 0 bridgehead atoms. The number of likely N-dealkylation sites (tertiary alicyclic amines) is 1. The standard InChI is InChI=1S/C29H36FN5O2/c1-19(31-2)28(36)33-27(20-7-4-3-5-8-20)29(37)35-13-6-9-25(35)22-16-24(18-32-17-22)34-14-12-21-15-23(30)10-11-26(21)34/h10-12,14-20,25,27,31H,3-9,13H2,1-2H3,(H,33,36)/t19?,25?,27-/m0/s1. The van der Waals surface area contributed by atoms with Crippen LogP contribution in [0.4, 0.5) is 4.39 Å². The molecule has 5 rings (SSSR count). The summed E-state index contributed by atoms with van der Waals surface area (Å²) in [6, 6.07) is 7.75. The molecule has 3 heterocycles. The van der Waals surface area contributed by atoms with E-state index in [0.29, 0.717) is 6.54 Å². The Morgan fingerprint density at radius 1 is 1.05 bits per heavy atom. The second-order valence-electron chi connectivity index (χ2n) is 10.4. The highest BCUT2D eigenvalue weighted by molar-refractivity contribution is 5.90. The van der Waals surface area contributed by atoms with Crippen molar-refractivity contribution in [3.8, 4) is 5.69 Å². The number of hydrogen-bond acceptors (Lipinski definition) is 4. The van der Waals surface area contributed by atoms with Crippen molar-refractivity contribution in [2.45, 2.75) is 70.0 Å². The maximum atomic E-state index is 14.0. The molecule has 1 saturated carbocycles. The number of hydrogen-bond donors (Lipinski definition) is 2. The highest BCUT2D eigenvalue weighted by Crippen LogP contribution is 2.35. The van der Waals surface area contributed by atoms with Crippen LogP contribution in [0.1, 0.15) is 63.5 Å². The SMILES string of the molecule is CNC(C)C(=O)N[C@H](C(=O)N1CCCC1c1cncc(-n2ccc3cc(F)ccc32)c1)C1CCCCC1. The van der Waals surface area contributed by atoms with Crippen LogP contribution in [-0.4, -0.2) is 51.9 Å². The summed E-state index contributed by atoms with van der Waals surface area (Å²) in [5.74, 6) is -0.229. The fourth-order valence-corrected chi connectivity index (χ4v) is 5.91. The molecular formula is C29H36FN5O2. The Balaban J connectivity index is 1.42. The van der Waals surface area contributed by atoms with Crippen molar-refractivity contribution >= 4 is 22.7 Å². The maximum Gasteiger partial charge on any atom is 0.245 e. The van der Waals surface area contributed by atoms with Gasteiger partial charge >= 0.3 is 0 Å². The highest BCUT2D eigenvalue weighted by Gasteiger charge is 2.39. The van der Waals surface area contributed by atoms with Gasteiger partial charge in [-0.3, -0.25) is 14.6 Å². The largest absolute Gasteiger partial charge is 0.343 e. The van der Waals surface area contributed by atoms with Crippen molar-refractivity contribution < 1.29 is 14.0 Å². The zero-order valence-corrected chi connectivity index (χ0v) is 21.6. The second-order valence-corrected chi connectivity index (χ2v) is 10.4. The number of carbonyl (C=O) groups excluding carboxylic acids is 2. The molecule has 2 amide bonds. The quantitative estimate of drug-likeness (QED) is 0.496. The van der Waals surface area contributed by atoms with Crippen molar-refractivity contribution in [2.24, 2.45) is 5.92 Å². The van der Waals surface area contributed by atoms with Crippen LogP contribution in [0.3, 0.4) is 0 Å². The number of amides is 2. The summed E-state index contributed by atoms with van der Waals surface area (Å²) in [6.45, 7) is 2.48. The van der Waals surface area contributed by atoms with Crippen LogP contribution in [0.25, 0.3) is 16.6 Å². The van der Waals surface area contributed by atoms with E-state index >= 15 is 0 Å². The van der Waals surface area contributed by atoms with Crippen molar-refractivity contribution in [1.29, 1.82) is 0 Å². The van der Waals surface area contributed by atoms with Crippen molar-refractivity contribution in [1.82, 2.24) is 25.1 Å². The number of aromatic nitrogens is 2. The lowest BCUT2D eigenvalue weighted by atomic mass is 9.83. The minimum Gasteiger partial charge on any atom is -0.343 e. The average molecular weight is 506 g/mol. The summed E-state index contributed by atoms with van der Waals surface area (Å²) in [5.41, 5.74) is 2.75. The van der Waals surface area contributed by atoms with Crippen LogP contribution >= 0.6 is 0 Å². The third kappa shape index (κ3) is 5.25. The van der Waals surface area contributed by atoms with E-state index in [1.807, 2.05) is 34.9 Å². The molecule has 1 aliphatic heterocycles.